The van der Waals surface area contributed by atoms with Crippen LogP contribution in [0.1, 0.15) is 25.0 Å². The van der Waals surface area contributed by atoms with Crippen molar-refractivity contribution in [2.75, 3.05) is 19.7 Å². The van der Waals surface area contributed by atoms with Crippen molar-refractivity contribution < 1.29 is 9.13 Å². The van der Waals surface area contributed by atoms with Crippen molar-refractivity contribution in [1.29, 1.82) is 0 Å². The van der Waals surface area contributed by atoms with Crippen LogP contribution in [0.4, 0.5) is 4.39 Å². The first kappa shape index (κ1) is 16.0. The fraction of sp³-hybridized carbons (Fsp3) is 0.368. The topological polar surface area (TPSA) is 51.5 Å². The highest BCUT2D eigenvalue weighted by atomic mass is 19.1. The molecule has 1 aliphatic rings. The molecule has 1 N–H and O–H groups in total. The number of aryl methyl sites for hydroxylation is 1. The summed E-state index contributed by atoms with van der Waals surface area (Å²) in [6, 6.07) is 6.93. The summed E-state index contributed by atoms with van der Waals surface area (Å²) in [7, 11) is 0. The number of nitrogens with zero attached hydrogens (tertiary/aromatic N) is 3. The van der Waals surface area contributed by atoms with Crippen molar-refractivity contribution in [3.63, 3.8) is 0 Å². The van der Waals surface area contributed by atoms with E-state index in [4.69, 9.17) is 9.72 Å². The molecule has 0 amide bonds. The van der Waals surface area contributed by atoms with Gasteiger partial charge in [-0.3, -0.25) is 0 Å². The monoisotopic (exact) mass is 340 g/mol. The van der Waals surface area contributed by atoms with E-state index in [-0.39, 0.29) is 11.6 Å². The average molecular weight is 340 g/mol. The third-order valence-electron chi connectivity index (χ3n) is 4.49. The Morgan fingerprint density at radius 2 is 2.08 bits per heavy atom. The van der Waals surface area contributed by atoms with Crippen LogP contribution in [-0.4, -0.2) is 34.3 Å². The van der Waals surface area contributed by atoms with Crippen molar-refractivity contribution in [1.82, 2.24) is 19.9 Å². The van der Waals surface area contributed by atoms with Crippen LogP contribution in [0.2, 0.25) is 0 Å². The minimum absolute atomic E-state index is 0.266. The zero-order valence-electron chi connectivity index (χ0n) is 14.0. The fourth-order valence-electron chi connectivity index (χ4n) is 3.12. The summed E-state index contributed by atoms with van der Waals surface area (Å²) in [5, 5.41) is 7.70. The minimum Gasteiger partial charge on any atom is -0.489 e. The van der Waals surface area contributed by atoms with Crippen LogP contribution in [0.5, 0.6) is 5.75 Å². The van der Waals surface area contributed by atoms with Crippen molar-refractivity contribution in [3.05, 3.63) is 48.2 Å². The molecular weight excluding hydrogens is 319 g/mol. The second-order valence-electron chi connectivity index (χ2n) is 6.30. The zero-order chi connectivity index (χ0) is 17.1. The Hall–Kier alpha value is -2.47. The maximum atomic E-state index is 14.0. The maximum absolute atomic E-state index is 14.0. The van der Waals surface area contributed by atoms with Crippen molar-refractivity contribution >= 4 is 5.65 Å². The predicted molar refractivity (Wildman–Crippen MR) is 94.3 cm³/mol. The number of halogens is 1. The van der Waals surface area contributed by atoms with Gasteiger partial charge in [-0.15, -0.1) is 0 Å². The van der Waals surface area contributed by atoms with E-state index in [1.807, 2.05) is 12.3 Å². The molecule has 25 heavy (non-hydrogen) atoms. The van der Waals surface area contributed by atoms with Gasteiger partial charge in [0.2, 0.25) is 0 Å². The number of hydrogen-bond acceptors (Lipinski definition) is 4. The molecule has 1 aromatic carbocycles. The van der Waals surface area contributed by atoms with E-state index < -0.39 is 0 Å². The molecule has 0 saturated carbocycles. The number of rotatable bonds is 0. The highest BCUT2D eigenvalue weighted by molar-refractivity contribution is 5.77. The first-order valence-electron chi connectivity index (χ1n) is 8.78. The molecule has 0 saturated heterocycles. The summed E-state index contributed by atoms with van der Waals surface area (Å²) < 4.78 is 21.4. The van der Waals surface area contributed by atoms with E-state index in [0.717, 1.165) is 54.7 Å². The molecule has 6 heteroatoms. The van der Waals surface area contributed by atoms with E-state index in [1.54, 1.807) is 22.8 Å². The van der Waals surface area contributed by atoms with Crippen LogP contribution in [-0.2, 0) is 6.42 Å². The normalized spacial score (nSPS) is 16.0. The van der Waals surface area contributed by atoms with Crippen LogP contribution in [0.15, 0.2) is 36.7 Å². The van der Waals surface area contributed by atoms with Crippen LogP contribution in [0.25, 0.3) is 16.8 Å². The van der Waals surface area contributed by atoms with Gasteiger partial charge in [0.1, 0.15) is 6.61 Å². The van der Waals surface area contributed by atoms with Gasteiger partial charge in [0, 0.05) is 24.0 Å². The second-order valence-corrected chi connectivity index (χ2v) is 6.30. The lowest BCUT2D eigenvalue weighted by atomic mass is 10.1. The van der Waals surface area contributed by atoms with Crippen molar-refractivity contribution in [3.8, 4) is 16.9 Å². The quantitative estimate of drug-likeness (QED) is 0.683. The standard InChI is InChI=1S/C19H21FN4O/c20-17-6-5-14-12-18(17)25-11-9-21-8-3-1-2-4-15-7-10-24-19(23-15)16(14)13-22-24/h5-7,10,12-13,21H,1-4,8-9,11H2. The maximum Gasteiger partial charge on any atom is 0.165 e. The summed E-state index contributed by atoms with van der Waals surface area (Å²) in [5.74, 6) is -0.0862. The van der Waals surface area contributed by atoms with Gasteiger partial charge in [-0.05, 0) is 49.6 Å². The lowest BCUT2D eigenvalue weighted by Crippen LogP contribution is -2.22. The fourth-order valence-corrected chi connectivity index (χ4v) is 3.12. The number of aromatic nitrogens is 3. The Labute approximate surface area is 145 Å². The predicted octanol–water partition coefficient (Wildman–Crippen LogP) is 3.23. The molecule has 0 aliphatic carbocycles. The number of ether oxygens (including phenoxy) is 1. The first-order valence-corrected chi connectivity index (χ1v) is 8.78. The number of fused-ring (bicyclic) bond motifs is 4. The molecular formula is C19H21FN4O. The van der Waals surface area contributed by atoms with Gasteiger partial charge >= 0.3 is 0 Å². The highest BCUT2D eigenvalue weighted by Crippen LogP contribution is 2.29. The van der Waals surface area contributed by atoms with Gasteiger partial charge in [-0.25, -0.2) is 13.9 Å². The summed E-state index contributed by atoms with van der Waals surface area (Å²) in [6.07, 6.45) is 8.05. The molecule has 3 heterocycles. The van der Waals surface area contributed by atoms with Gasteiger partial charge < -0.3 is 10.1 Å². The summed E-state index contributed by atoms with van der Waals surface area (Å²) in [4.78, 5) is 4.77. The Kier molecular flexibility index (Phi) is 4.61. The SMILES string of the molecule is Fc1ccc2cc1OCCNCCCCCc1ccn3ncc-2c3n1. The van der Waals surface area contributed by atoms with Crippen LogP contribution < -0.4 is 10.1 Å². The molecule has 2 aromatic heterocycles. The van der Waals surface area contributed by atoms with Crippen LogP contribution in [0, 0.1) is 5.82 Å². The van der Waals surface area contributed by atoms with Crippen LogP contribution in [0.3, 0.4) is 0 Å². The summed E-state index contributed by atoms with van der Waals surface area (Å²) in [5.41, 5.74) is 3.60. The Morgan fingerprint density at radius 3 is 3.04 bits per heavy atom. The molecule has 0 fully saturated rings. The van der Waals surface area contributed by atoms with E-state index in [1.165, 1.54) is 6.07 Å². The lowest BCUT2D eigenvalue weighted by molar-refractivity contribution is 0.298. The third-order valence-corrected chi connectivity index (χ3v) is 4.49. The lowest BCUT2D eigenvalue weighted by Gasteiger charge is -2.11. The van der Waals surface area contributed by atoms with E-state index in [2.05, 4.69) is 10.4 Å². The Bertz CT molecular complexity index is 877. The molecule has 0 spiro atoms. The highest BCUT2D eigenvalue weighted by Gasteiger charge is 2.12. The van der Waals surface area contributed by atoms with Gasteiger partial charge in [-0.2, -0.15) is 5.10 Å². The second kappa shape index (κ2) is 7.19. The summed E-state index contributed by atoms with van der Waals surface area (Å²) in [6.45, 7) is 2.10. The molecule has 3 aromatic rings. The average Bonchev–Trinajstić information content (AvgIpc) is 3.04. The zero-order valence-corrected chi connectivity index (χ0v) is 14.0. The smallest absolute Gasteiger partial charge is 0.165 e. The Morgan fingerprint density at radius 1 is 1.12 bits per heavy atom. The summed E-state index contributed by atoms with van der Waals surface area (Å²) >= 11 is 0. The van der Waals surface area contributed by atoms with Gasteiger partial charge in [0.05, 0.1) is 6.20 Å². The van der Waals surface area contributed by atoms with Crippen LogP contribution >= 0.6 is 0 Å². The van der Waals surface area contributed by atoms with Gasteiger partial charge in [-0.1, -0.05) is 12.5 Å². The molecule has 0 unspecified atom stereocenters. The minimum atomic E-state index is -0.352. The van der Waals surface area contributed by atoms with Gasteiger partial charge in [0.15, 0.2) is 17.2 Å². The molecule has 4 rings (SSSR count). The molecule has 0 radical (unpaired) electrons. The van der Waals surface area contributed by atoms with Gasteiger partial charge in [0.25, 0.3) is 0 Å². The third kappa shape index (κ3) is 3.49. The molecule has 0 atom stereocenters. The van der Waals surface area contributed by atoms with Crippen molar-refractivity contribution in [2.45, 2.75) is 25.7 Å². The van der Waals surface area contributed by atoms with E-state index in [9.17, 15) is 4.39 Å². The number of nitrogens with one attached hydrogen (secondary N) is 1. The number of benzene rings is 1. The first-order chi connectivity index (χ1) is 12.3. The molecule has 5 nitrogen and oxygen atoms in total. The molecule has 4 bridgehead atoms. The molecule has 1 aliphatic heterocycles. The van der Waals surface area contributed by atoms with E-state index in [0.29, 0.717) is 13.2 Å². The van der Waals surface area contributed by atoms with Crippen molar-refractivity contribution in [2.24, 2.45) is 0 Å². The van der Waals surface area contributed by atoms with E-state index >= 15 is 0 Å². The Balaban J connectivity index is 1.76. The largest absolute Gasteiger partial charge is 0.489 e. The number of hydrogen-bond donors (Lipinski definition) is 1. The molecule has 130 valence electrons.